The maximum absolute atomic E-state index is 12.2. The fraction of sp³-hybridized carbons (Fsp3) is 0. The number of pyridine rings is 1. The minimum absolute atomic E-state index is 0.0922. The van der Waals surface area contributed by atoms with E-state index in [9.17, 15) is 8.42 Å². The largest absolute Gasteiger partial charge is 0.307 e. The molecule has 1 aromatic heterocycles. The molecule has 0 spiro atoms. The van der Waals surface area contributed by atoms with E-state index in [4.69, 9.17) is 29.0 Å². The number of benzene rings is 1. The van der Waals surface area contributed by atoms with Crippen molar-refractivity contribution in [2.45, 2.75) is 4.90 Å². The number of rotatable bonds is 4. The number of nitrogen functional groups attached to an aromatic ring is 1. The second-order valence-electron chi connectivity index (χ2n) is 3.73. The molecular weight excluding hydrogens is 323 g/mol. The van der Waals surface area contributed by atoms with E-state index < -0.39 is 10.0 Å². The third kappa shape index (κ3) is 3.13. The summed E-state index contributed by atoms with van der Waals surface area (Å²) in [5, 5.41) is 0.380. The van der Waals surface area contributed by atoms with Crippen LogP contribution in [0.25, 0.3) is 0 Å². The molecule has 2 rings (SSSR count). The van der Waals surface area contributed by atoms with Gasteiger partial charge < -0.3 is 5.43 Å². The van der Waals surface area contributed by atoms with Crippen LogP contribution >= 0.6 is 23.2 Å². The van der Waals surface area contributed by atoms with Crippen molar-refractivity contribution in [2.24, 2.45) is 5.84 Å². The van der Waals surface area contributed by atoms with Crippen LogP contribution in [0.15, 0.2) is 41.4 Å². The molecule has 0 saturated carbocycles. The van der Waals surface area contributed by atoms with E-state index in [1.165, 1.54) is 6.07 Å². The van der Waals surface area contributed by atoms with Gasteiger partial charge in [0.15, 0.2) is 5.82 Å². The molecule has 0 fully saturated rings. The predicted octanol–water partition coefficient (Wildman–Crippen LogP) is 2.47. The summed E-state index contributed by atoms with van der Waals surface area (Å²) in [6.45, 7) is 0. The van der Waals surface area contributed by atoms with Gasteiger partial charge in [0, 0.05) is 6.20 Å². The molecule has 0 saturated heterocycles. The minimum Gasteiger partial charge on any atom is -0.307 e. The zero-order valence-corrected chi connectivity index (χ0v) is 12.3. The number of nitrogens with one attached hydrogen (secondary N) is 2. The van der Waals surface area contributed by atoms with Gasteiger partial charge >= 0.3 is 0 Å². The number of nitrogens with two attached hydrogens (primary N) is 1. The van der Waals surface area contributed by atoms with E-state index in [2.05, 4.69) is 15.1 Å². The van der Waals surface area contributed by atoms with Crippen LogP contribution in [0.2, 0.25) is 10.0 Å². The normalized spacial score (nSPS) is 11.2. The highest BCUT2D eigenvalue weighted by molar-refractivity contribution is 7.92. The number of hydrogen-bond acceptors (Lipinski definition) is 5. The Morgan fingerprint density at radius 2 is 1.85 bits per heavy atom. The van der Waals surface area contributed by atoms with E-state index in [1.54, 1.807) is 24.3 Å². The van der Waals surface area contributed by atoms with Crippen LogP contribution in [0.5, 0.6) is 0 Å². The van der Waals surface area contributed by atoms with Crippen molar-refractivity contribution in [3.05, 3.63) is 46.6 Å². The molecule has 0 atom stereocenters. The number of anilines is 2. The zero-order valence-electron chi connectivity index (χ0n) is 9.97. The highest BCUT2D eigenvalue weighted by Crippen LogP contribution is 2.26. The predicted molar refractivity (Wildman–Crippen MR) is 79.3 cm³/mol. The van der Waals surface area contributed by atoms with Crippen molar-refractivity contribution in [1.82, 2.24) is 4.98 Å². The smallest absolute Gasteiger partial charge is 0.263 e. The summed E-state index contributed by atoms with van der Waals surface area (Å²) >= 11 is 11.7. The number of para-hydroxylation sites is 1. The Hall–Kier alpha value is -1.54. The summed E-state index contributed by atoms with van der Waals surface area (Å²) in [6, 6.07) is 7.72. The molecule has 9 heteroatoms. The van der Waals surface area contributed by atoms with Crippen molar-refractivity contribution in [3.8, 4) is 0 Å². The summed E-state index contributed by atoms with van der Waals surface area (Å²) in [4.78, 5) is 3.71. The van der Waals surface area contributed by atoms with E-state index in [0.29, 0.717) is 0 Å². The zero-order chi connectivity index (χ0) is 14.8. The SMILES string of the molecule is NNc1ncc(S(=O)(=O)Nc2ccccc2Cl)cc1Cl. The summed E-state index contributed by atoms with van der Waals surface area (Å²) in [6.07, 6.45) is 1.14. The van der Waals surface area contributed by atoms with Crippen LogP contribution in [0.3, 0.4) is 0 Å². The minimum atomic E-state index is -3.83. The third-order valence-electron chi connectivity index (χ3n) is 2.38. The number of hydrogen-bond donors (Lipinski definition) is 3. The fourth-order valence-corrected chi connectivity index (χ4v) is 3.00. The van der Waals surface area contributed by atoms with E-state index in [-0.39, 0.29) is 26.4 Å². The Morgan fingerprint density at radius 3 is 2.45 bits per heavy atom. The first kappa shape index (κ1) is 14.9. The molecule has 0 amide bonds. The molecule has 0 bridgehead atoms. The molecule has 0 aliphatic heterocycles. The van der Waals surface area contributed by atoms with Crippen LogP contribution in [0.1, 0.15) is 0 Å². The number of nitrogens with zero attached hydrogens (tertiary/aromatic N) is 1. The Morgan fingerprint density at radius 1 is 1.15 bits per heavy atom. The monoisotopic (exact) mass is 332 g/mol. The molecule has 0 aliphatic rings. The molecule has 106 valence electrons. The van der Waals surface area contributed by atoms with Gasteiger partial charge in [-0.2, -0.15) is 0 Å². The van der Waals surface area contributed by atoms with E-state index >= 15 is 0 Å². The van der Waals surface area contributed by atoms with Crippen LogP contribution in [-0.2, 0) is 10.0 Å². The topological polar surface area (TPSA) is 97.1 Å². The van der Waals surface area contributed by atoms with E-state index in [0.717, 1.165) is 6.20 Å². The van der Waals surface area contributed by atoms with Gasteiger partial charge in [0.2, 0.25) is 0 Å². The molecule has 0 radical (unpaired) electrons. The lowest BCUT2D eigenvalue weighted by atomic mass is 10.3. The molecule has 20 heavy (non-hydrogen) atoms. The van der Waals surface area contributed by atoms with Crippen LogP contribution in [0, 0.1) is 0 Å². The summed E-state index contributed by atoms with van der Waals surface area (Å²) in [5.41, 5.74) is 2.52. The van der Waals surface area contributed by atoms with E-state index in [1.807, 2.05) is 0 Å². The average Bonchev–Trinajstić information content (AvgIpc) is 2.41. The molecule has 1 heterocycles. The highest BCUT2D eigenvalue weighted by Gasteiger charge is 2.17. The molecule has 4 N–H and O–H groups in total. The van der Waals surface area contributed by atoms with Gasteiger partial charge in [0.1, 0.15) is 4.90 Å². The van der Waals surface area contributed by atoms with Gasteiger partial charge in [0.25, 0.3) is 10.0 Å². The van der Waals surface area contributed by atoms with Gasteiger partial charge in [-0.1, -0.05) is 35.3 Å². The molecule has 2 aromatic rings. The quantitative estimate of drug-likeness (QED) is 0.590. The average molecular weight is 333 g/mol. The van der Waals surface area contributed by atoms with Gasteiger partial charge in [-0.25, -0.2) is 19.2 Å². The van der Waals surface area contributed by atoms with Crippen molar-refractivity contribution in [1.29, 1.82) is 0 Å². The molecule has 6 nitrogen and oxygen atoms in total. The Labute approximate surface area is 125 Å². The molecule has 0 unspecified atom stereocenters. The summed E-state index contributed by atoms with van der Waals surface area (Å²) < 4.78 is 26.7. The lowest BCUT2D eigenvalue weighted by molar-refractivity contribution is 0.601. The standard InChI is InChI=1S/C11H10Cl2N4O2S/c12-8-3-1-2-4-10(8)17-20(18,19)7-5-9(13)11(16-14)15-6-7/h1-6,17H,14H2,(H,15,16). The van der Waals surface area contributed by atoms with Crippen LogP contribution in [0.4, 0.5) is 11.5 Å². The summed E-state index contributed by atoms with van der Waals surface area (Å²) in [5.74, 6) is 5.36. The third-order valence-corrected chi connectivity index (χ3v) is 4.33. The van der Waals surface area contributed by atoms with Crippen molar-refractivity contribution in [2.75, 3.05) is 10.1 Å². The van der Waals surface area contributed by atoms with Gasteiger partial charge in [-0.3, -0.25) is 4.72 Å². The van der Waals surface area contributed by atoms with Crippen molar-refractivity contribution in [3.63, 3.8) is 0 Å². The Kier molecular flexibility index (Phi) is 4.34. The Bertz CT molecular complexity index is 737. The van der Waals surface area contributed by atoms with Gasteiger partial charge in [0.05, 0.1) is 15.7 Å². The van der Waals surface area contributed by atoms with Gasteiger partial charge in [-0.15, -0.1) is 0 Å². The number of hydrazine groups is 1. The molecular formula is C11H10Cl2N4O2S. The van der Waals surface area contributed by atoms with Crippen LogP contribution < -0.4 is 16.0 Å². The molecule has 1 aromatic carbocycles. The highest BCUT2D eigenvalue weighted by atomic mass is 35.5. The van der Waals surface area contributed by atoms with Gasteiger partial charge in [-0.05, 0) is 18.2 Å². The number of sulfonamides is 1. The first-order valence-corrected chi connectivity index (χ1v) is 7.57. The Balaban J connectivity index is 2.36. The lowest BCUT2D eigenvalue weighted by Crippen LogP contribution is -2.15. The maximum atomic E-state index is 12.2. The first-order valence-electron chi connectivity index (χ1n) is 5.33. The fourth-order valence-electron chi connectivity index (χ4n) is 1.42. The second-order valence-corrected chi connectivity index (χ2v) is 6.23. The lowest BCUT2D eigenvalue weighted by Gasteiger charge is -2.10. The second kappa shape index (κ2) is 5.84. The summed E-state index contributed by atoms with van der Waals surface area (Å²) in [7, 11) is -3.83. The van der Waals surface area contributed by atoms with Crippen molar-refractivity contribution >= 4 is 44.7 Å². The molecule has 0 aliphatic carbocycles. The number of halogens is 2. The number of aromatic nitrogens is 1. The maximum Gasteiger partial charge on any atom is 0.263 e. The van der Waals surface area contributed by atoms with Crippen molar-refractivity contribution < 1.29 is 8.42 Å². The first-order chi connectivity index (χ1) is 9.44. The van der Waals surface area contributed by atoms with Crippen LogP contribution in [-0.4, -0.2) is 13.4 Å².